The molecule has 0 radical (unpaired) electrons. The summed E-state index contributed by atoms with van der Waals surface area (Å²) in [7, 11) is 0. The van der Waals surface area contributed by atoms with Crippen molar-refractivity contribution in [1.29, 1.82) is 0 Å². The van der Waals surface area contributed by atoms with E-state index in [-0.39, 0.29) is 36.4 Å². The van der Waals surface area contributed by atoms with Crippen LogP contribution in [0, 0.1) is 18.7 Å². The molecule has 188 valence electrons. The fourth-order valence-corrected chi connectivity index (χ4v) is 4.43. The van der Waals surface area contributed by atoms with E-state index in [2.05, 4.69) is 10.6 Å². The molecule has 7 nitrogen and oxygen atoms in total. The fraction of sp³-hybridized carbons (Fsp3) is 0.444. The number of aryl methyl sites for hydroxylation is 1. The highest BCUT2D eigenvalue weighted by Crippen LogP contribution is 2.28. The van der Waals surface area contributed by atoms with Crippen LogP contribution in [0.2, 0.25) is 0 Å². The first-order valence-corrected chi connectivity index (χ1v) is 12.1. The predicted octanol–water partition coefficient (Wildman–Crippen LogP) is 3.69. The summed E-state index contributed by atoms with van der Waals surface area (Å²) in [6.45, 7) is 6.91. The number of carbonyl (C=O) groups is 3. The van der Waals surface area contributed by atoms with Gasteiger partial charge in [-0.1, -0.05) is 31.5 Å². The Morgan fingerprint density at radius 2 is 1.89 bits per heavy atom. The van der Waals surface area contributed by atoms with Gasteiger partial charge in [0.25, 0.3) is 5.91 Å². The normalized spacial score (nSPS) is 14.4. The van der Waals surface area contributed by atoms with E-state index in [9.17, 15) is 23.9 Å². The van der Waals surface area contributed by atoms with Crippen molar-refractivity contribution in [3.63, 3.8) is 0 Å². The minimum atomic E-state index is -0.945. The number of amides is 2. The molecular formula is C27H34FN3O4. The summed E-state index contributed by atoms with van der Waals surface area (Å²) in [5.41, 5.74) is 3.22. The maximum atomic E-state index is 13.6. The molecule has 0 saturated carbocycles. The second kappa shape index (κ2) is 11.8. The summed E-state index contributed by atoms with van der Waals surface area (Å²) in [4.78, 5) is 39.4. The summed E-state index contributed by atoms with van der Waals surface area (Å²) in [6.07, 6.45) is 1.28. The third kappa shape index (κ3) is 7.53. The van der Waals surface area contributed by atoms with Crippen molar-refractivity contribution in [2.75, 3.05) is 18.0 Å². The number of nitrogens with zero attached hydrogens (tertiary/aromatic N) is 1. The van der Waals surface area contributed by atoms with Gasteiger partial charge in [0.15, 0.2) is 0 Å². The van der Waals surface area contributed by atoms with Crippen LogP contribution in [0.15, 0.2) is 42.5 Å². The first-order chi connectivity index (χ1) is 16.6. The molecule has 8 heteroatoms. The summed E-state index contributed by atoms with van der Waals surface area (Å²) >= 11 is 0. The van der Waals surface area contributed by atoms with Gasteiger partial charge in [0.2, 0.25) is 5.91 Å². The molecule has 3 rings (SSSR count). The zero-order valence-corrected chi connectivity index (χ0v) is 20.5. The Kier molecular flexibility index (Phi) is 8.84. The highest BCUT2D eigenvalue weighted by atomic mass is 19.1. The van der Waals surface area contributed by atoms with Crippen LogP contribution in [0.3, 0.4) is 0 Å². The lowest BCUT2D eigenvalue weighted by atomic mass is 10.0. The Bertz CT molecular complexity index is 1070. The van der Waals surface area contributed by atoms with E-state index in [0.29, 0.717) is 31.5 Å². The van der Waals surface area contributed by atoms with Gasteiger partial charge in [-0.2, -0.15) is 0 Å². The van der Waals surface area contributed by atoms with E-state index in [1.54, 1.807) is 24.3 Å². The second-order valence-electron chi connectivity index (χ2n) is 9.63. The van der Waals surface area contributed by atoms with E-state index >= 15 is 0 Å². The van der Waals surface area contributed by atoms with Crippen LogP contribution in [0.1, 0.15) is 54.6 Å². The number of hydrogen-bond donors (Lipinski definition) is 3. The molecule has 0 aliphatic carbocycles. The molecule has 0 fully saturated rings. The third-order valence-electron chi connectivity index (χ3n) is 6.14. The Hall–Kier alpha value is -3.42. The molecule has 1 aliphatic rings. The number of halogens is 1. The van der Waals surface area contributed by atoms with Crippen LogP contribution in [0.25, 0.3) is 0 Å². The fourth-order valence-electron chi connectivity index (χ4n) is 4.43. The van der Waals surface area contributed by atoms with Crippen molar-refractivity contribution in [2.24, 2.45) is 5.92 Å². The molecule has 2 amide bonds. The van der Waals surface area contributed by atoms with Crippen LogP contribution >= 0.6 is 0 Å². The molecule has 2 atom stereocenters. The topological polar surface area (TPSA) is 98.7 Å². The number of hydrogen-bond acceptors (Lipinski definition) is 4. The van der Waals surface area contributed by atoms with E-state index < -0.39 is 18.1 Å². The van der Waals surface area contributed by atoms with Gasteiger partial charge in [-0.3, -0.25) is 14.4 Å². The summed E-state index contributed by atoms with van der Waals surface area (Å²) in [5, 5.41) is 15.1. The molecule has 0 saturated heterocycles. The number of nitrogens with one attached hydrogen (secondary N) is 2. The number of fused-ring (bicyclic) bond motifs is 1. The number of anilines is 1. The number of carbonyl (C=O) groups excluding carboxylic acids is 2. The average molecular weight is 484 g/mol. The van der Waals surface area contributed by atoms with Crippen molar-refractivity contribution in [2.45, 2.75) is 58.5 Å². The molecule has 2 aromatic carbocycles. The maximum Gasteiger partial charge on any atom is 0.303 e. The molecule has 1 aliphatic heterocycles. The minimum Gasteiger partial charge on any atom is -0.481 e. The quantitative estimate of drug-likeness (QED) is 0.453. The van der Waals surface area contributed by atoms with Crippen molar-refractivity contribution in [3.8, 4) is 0 Å². The van der Waals surface area contributed by atoms with Crippen molar-refractivity contribution in [3.05, 3.63) is 65.0 Å². The molecule has 0 spiro atoms. The van der Waals surface area contributed by atoms with Gasteiger partial charge in [-0.15, -0.1) is 0 Å². The highest BCUT2D eigenvalue weighted by Gasteiger charge is 2.28. The van der Waals surface area contributed by atoms with Gasteiger partial charge >= 0.3 is 5.97 Å². The maximum absolute atomic E-state index is 13.6. The van der Waals surface area contributed by atoms with Crippen LogP contribution in [0.4, 0.5) is 10.1 Å². The lowest BCUT2D eigenvalue weighted by Gasteiger charge is -2.29. The Balaban J connectivity index is 1.73. The highest BCUT2D eigenvalue weighted by molar-refractivity contribution is 5.97. The third-order valence-corrected chi connectivity index (χ3v) is 6.14. The first kappa shape index (κ1) is 26.2. The second-order valence-corrected chi connectivity index (χ2v) is 9.63. The summed E-state index contributed by atoms with van der Waals surface area (Å²) in [6, 6.07) is 10.6. The number of rotatable bonds is 11. The van der Waals surface area contributed by atoms with E-state index in [0.717, 1.165) is 16.8 Å². The Labute approximate surface area is 205 Å². The molecule has 2 unspecified atom stereocenters. The minimum absolute atomic E-state index is 0.0977. The summed E-state index contributed by atoms with van der Waals surface area (Å²) in [5.74, 6) is -1.75. The SMILES string of the molecule is Cc1cccc(C(=O)NC(CC(C)C)C(=O)NC(CCC(=O)O)CN2CCc3cc(F)ccc32)c1. The largest absolute Gasteiger partial charge is 0.481 e. The van der Waals surface area contributed by atoms with Crippen molar-refractivity contribution >= 4 is 23.5 Å². The predicted molar refractivity (Wildman–Crippen MR) is 133 cm³/mol. The number of benzene rings is 2. The van der Waals surface area contributed by atoms with Gasteiger partial charge in [0.1, 0.15) is 11.9 Å². The van der Waals surface area contributed by atoms with Crippen LogP contribution in [-0.2, 0) is 16.0 Å². The van der Waals surface area contributed by atoms with E-state index in [1.165, 1.54) is 12.1 Å². The van der Waals surface area contributed by atoms with Gasteiger partial charge in [-0.05, 0) is 68.0 Å². The molecule has 1 heterocycles. The van der Waals surface area contributed by atoms with E-state index in [1.807, 2.05) is 31.7 Å². The van der Waals surface area contributed by atoms with Gasteiger partial charge in [0.05, 0.1) is 0 Å². The van der Waals surface area contributed by atoms with Crippen molar-refractivity contribution in [1.82, 2.24) is 10.6 Å². The van der Waals surface area contributed by atoms with Gasteiger partial charge in [-0.25, -0.2) is 4.39 Å². The van der Waals surface area contributed by atoms with Gasteiger partial charge in [0, 0.05) is 36.8 Å². The Morgan fingerprint density at radius 3 is 2.57 bits per heavy atom. The van der Waals surface area contributed by atoms with Crippen LogP contribution in [-0.4, -0.2) is 48.1 Å². The molecule has 3 N–H and O–H groups in total. The molecular weight excluding hydrogens is 449 g/mol. The van der Waals surface area contributed by atoms with Crippen molar-refractivity contribution < 1.29 is 23.9 Å². The zero-order chi connectivity index (χ0) is 25.5. The molecule has 2 aromatic rings. The van der Waals surface area contributed by atoms with E-state index in [4.69, 9.17) is 0 Å². The molecule has 0 bridgehead atoms. The average Bonchev–Trinajstić information content (AvgIpc) is 3.18. The Morgan fingerprint density at radius 1 is 1.11 bits per heavy atom. The first-order valence-electron chi connectivity index (χ1n) is 12.1. The lowest BCUT2D eigenvalue weighted by molar-refractivity contribution is -0.137. The smallest absolute Gasteiger partial charge is 0.303 e. The van der Waals surface area contributed by atoms with Gasteiger partial charge < -0.3 is 20.6 Å². The zero-order valence-electron chi connectivity index (χ0n) is 20.5. The molecule has 35 heavy (non-hydrogen) atoms. The number of aliphatic carboxylic acids is 1. The number of carboxylic acid groups (broad SMARTS) is 1. The standard InChI is InChI=1S/C27H34FN3O4/c1-17(2)13-23(30-26(34)20-6-4-5-18(3)14-20)27(35)29-22(8-10-25(32)33)16-31-12-11-19-15-21(28)7-9-24(19)31/h4-7,9,14-15,17,22-23H,8,10-13,16H2,1-3H3,(H,29,35)(H,30,34)(H,32,33). The monoisotopic (exact) mass is 483 g/mol. The number of carboxylic acids is 1. The molecule has 0 aromatic heterocycles. The summed E-state index contributed by atoms with van der Waals surface area (Å²) < 4.78 is 13.6. The lowest BCUT2D eigenvalue weighted by Crippen LogP contribution is -2.52. The van der Waals surface area contributed by atoms with Crippen LogP contribution < -0.4 is 15.5 Å². The van der Waals surface area contributed by atoms with Crippen LogP contribution in [0.5, 0.6) is 0 Å².